The number of fused-ring (bicyclic) bond motifs is 1. The Hall–Kier alpha value is -2.62. The molecule has 1 N–H and O–H groups in total. The molecule has 4 heteroatoms. The highest BCUT2D eigenvalue weighted by Crippen LogP contribution is 2.24. The summed E-state index contributed by atoms with van der Waals surface area (Å²) in [5.74, 6) is -0.0903. The molecule has 0 aliphatic heterocycles. The van der Waals surface area contributed by atoms with Crippen molar-refractivity contribution in [3.05, 3.63) is 53.6 Å². The van der Waals surface area contributed by atoms with Crippen LogP contribution in [0.4, 0.5) is 0 Å². The summed E-state index contributed by atoms with van der Waals surface area (Å²) < 4.78 is 1.92. The number of hydrogen-bond acceptors (Lipinski definition) is 2. The van der Waals surface area contributed by atoms with Crippen LogP contribution in [0, 0.1) is 6.92 Å². The molecule has 1 heterocycles. The first kappa shape index (κ1) is 12.4. The van der Waals surface area contributed by atoms with Gasteiger partial charge in [0.25, 0.3) is 0 Å². The molecule has 1 aromatic heterocycles. The first-order valence-electron chi connectivity index (χ1n) is 6.33. The van der Waals surface area contributed by atoms with E-state index in [1.54, 1.807) is 18.2 Å². The minimum Gasteiger partial charge on any atom is -0.478 e. The van der Waals surface area contributed by atoms with E-state index in [2.05, 4.69) is 4.98 Å². The normalized spacial score (nSPS) is 10.9. The van der Waals surface area contributed by atoms with Crippen LogP contribution in [0.25, 0.3) is 22.4 Å². The number of aromatic carboxylic acids is 1. The number of imidazole rings is 1. The molecule has 0 bridgehead atoms. The number of carboxylic acids is 1. The molecule has 20 heavy (non-hydrogen) atoms. The summed E-state index contributed by atoms with van der Waals surface area (Å²) in [6.07, 6.45) is 0. The Balaban J connectivity index is 2.20. The summed E-state index contributed by atoms with van der Waals surface area (Å²) in [5, 5.41) is 9.06. The topological polar surface area (TPSA) is 55.1 Å². The van der Waals surface area contributed by atoms with Gasteiger partial charge in [0.15, 0.2) is 0 Å². The van der Waals surface area contributed by atoms with Crippen molar-refractivity contribution in [2.75, 3.05) is 0 Å². The average molecular weight is 266 g/mol. The zero-order valence-electron chi connectivity index (χ0n) is 11.3. The Bertz CT molecular complexity index is 801. The molecule has 2 aromatic carbocycles. The van der Waals surface area contributed by atoms with Crippen LogP contribution in [-0.4, -0.2) is 20.6 Å². The number of rotatable bonds is 2. The number of aryl methyl sites for hydroxylation is 2. The van der Waals surface area contributed by atoms with Gasteiger partial charge in [-0.15, -0.1) is 0 Å². The van der Waals surface area contributed by atoms with Crippen molar-refractivity contribution in [2.45, 2.75) is 6.92 Å². The Kier molecular flexibility index (Phi) is 2.79. The summed E-state index contributed by atoms with van der Waals surface area (Å²) in [5.41, 5.74) is 4.11. The van der Waals surface area contributed by atoms with Crippen molar-refractivity contribution in [2.24, 2.45) is 7.05 Å². The van der Waals surface area contributed by atoms with Gasteiger partial charge in [-0.25, -0.2) is 9.78 Å². The highest BCUT2D eigenvalue weighted by molar-refractivity contribution is 5.93. The van der Waals surface area contributed by atoms with Crippen LogP contribution in [-0.2, 0) is 7.05 Å². The molecule has 0 atom stereocenters. The monoisotopic (exact) mass is 266 g/mol. The van der Waals surface area contributed by atoms with Crippen LogP contribution in [0.15, 0.2) is 42.5 Å². The number of carboxylic acid groups (broad SMARTS) is 1. The molecule has 0 fully saturated rings. The minimum atomic E-state index is -0.926. The van der Waals surface area contributed by atoms with E-state index in [-0.39, 0.29) is 5.56 Å². The predicted molar refractivity (Wildman–Crippen MR) is 77.8 cm³/mol. The Morgan fingerprint density at radius 2 is 1.85 bits per heavy atom. The van der Waals surface area contributed by atoms with Gasteiger partial charge in [-0.2, -0.15) is 0 Å². The van der Waals surface area contributed by atoms with Gasteiger partial charge in [0.1, 0.15) is 5.82 Å². The average Bonchev–Trinajstić information content (AvgIpc) is 2.76. The van der Waals surface area contributed by atoms with E-state index in [0.29, 0.717) is 0 Å². The molecule has 3 rings (SSSR count). The van der Waals surface area contributed by atoms with Crippen LogP contribution in [0.3, 0.4) is 0 Å². The molecule has 4 nitrogen and oxygen atoms in total. The zero-order valence-corrected chi connectivity index (χ0v) is 11.3. The van der Waals surface area contributed by atoms with Crippen molar-refractivity contribution in [3.8, 4) is 11.4 Å². The maximum absolute atomic E-state index is 11.0. The summed E-state index contributed by atoms with van der Waals surface area (Å²) in [6, 6.07) is 13.1. The van der Waals surface area contributed by atoms with Gasteiger partial charge in [0.05, 0.1) is 16.6 Å². The van der Waals surface area contributed by atoms with Crippen LogP contribution >= 0.6 is 0 Å². The summed E-state index contributed by atoms with van der Waals surface area (Å²) >= 11 is 0. The van der Waals surface area contributed by atoms with E-state index < -0.39 is 5.97 Å². The lowest BCUT2D eigenvalue weighted by atomic mass is 10.1. The fourth-order valence-corrected chi connectivity index (χ4v) is 2.28. The van der Waals surface area contributed by atoms with Gasteiger partial charge < -0.3 is 9.67 Å². The van der Waals surface area contributed by atoms with Crippen molar-refractivity contribution >= 4 is 17.0 Å². The summed E-state index contributed by atoms with van der Waals surface area (Å²) in [7, 11) is 1.90. The molecule has 0 saturated heterocycles. The number of carbonyl (C=O) groups is 1. The van der Waals surface area contributed by atoms with Gasteiger partial charge in [-0.05, 0) is 25.1 Å². The van der Waals surface area contributed by atoms with E-state index in [0.717, 1.165) is 22.4 Å². The Labute approximate surface area is 116 Å². The fourth-order valence-electron chi connectivity index (χ4n) is 2.28. The van der Waals surface area contributed by atoms with Crippen LogP contribution in [0.1, 0.15) is 15.9 Å². The molecule has 0 spiro atoms. The molecule has 0 amide bonds. The van der Waals surface area contributed by atoms with Crippen LogP contribution in [0.5, 0.6) is 0 Å². The third-order valence-electron chi connectivity index (χ3n) is 3.44. The Morgan fingerprint density at radius 3 is 2.50 bits per heavy atom. The van der Waals surface area contributed by atoms with Gasteiger partial charge in [0.2, 0.25) is 0 Å². The van der Waals surface area contributed by atoms with Crippen molar-refractivity contribution in [1.82, 2.24) is 9.55 Å². The summed E-state index contributed by atoms with van der Waals surface area (Å²) in [4.78, 5) is 15.6. The van der Waals surface area contributed by atoms with E-state index in [1.165, 1.54) is 5.56 Å². The molecule has 0 aliphatic carbocycles. The largest absolute Gasteiger partial charge is 0.478 e. The standard InChI is InChI=1S/C16H14N2O2/c1-10-3-5-11(6-4-10)15-17-13-8-7-12(16(19)20)9-14(13)18(15)2/h3-9H,1-2H3,(H,19,20). The highest BCUT2D eigenvalue weighted by Gasteiger charge is 2.12. The van der Waals surface area contributed by atoms with Gasteiger partial charge >= 0.3 is 5.97 Å². The minimum absolute atomic E-state index is 0.274. The molecule has 0 aliphatic rings. The second kappa shape index (κ2) is 4.49. The predicted octanol–water partition coefficient (Wildman–Crippen LogP) is 3.25. The lowest BCUT2D eigenvalue weighted by Crippen LogP contribution is -1.97. The van der Waals surface area contributed by atoms with Gasteiger partial charge in [-0.1, -0.05) is 29.8 Å². The summed E-state index contributed by atoms with van der Waals surface area (Å²) in [6.45, 7) is 2.04. The second-order valence-corrected chi connectivity index (χ2v) is 4.87. The second-order valence-electron chi connectivity index (χ2n) is 4.87. The molecule has 0 saturated carbocycles. The molecular weight excluding hydrogens is 252 g/mol. The first-order valence-corrected chi connectivity index (χ1v) is 6.33. The van der Waals surface area contributed by atoms with Crippen LogP contribution in [0.2, 0.25) is 0 Å². The van der Waals surface area contributed by atoms with Crippen LogP contribution < -0.4 is 0 Å². The molecule has 100 valence electrons. The van der Waals surface area contributed by atoms with E-state index in [1.807, 2.05) is 42.8 Å². The van der Waals surface area contributed by atoms with Crippen molar-refractivity contribution in [1.29, 1.82) is 0 Å². The fraction of sp³-hybridized carbons (Fsp3) is 0.125. The molecule has 0 radical (unpaired) electrons. The highest BCUT2D eigenvalue weighted by atomic mass is 16.4. The number of hydrogen-bond donors (Lipinski definition) is 1. The SMILES string of the molecule is Cc1ccc(-c2nc3ccc(C(=O)O)cc3n2C)cc1. The van der Waals surface area contributed by atoms with E-state index >= 15 is 0 Å². The lowest BCUT2D eigenvalue weighted by Gasteiger charge is -2.03. The molecule has 0 unspecified atom stereocenters. The maximum atomic E-state index is 11.0. The lowest BCUT2D eigenvalue weighted by molar-refractivity contribution is 0.0697. The molecule has 3 aromatic rings. The Morgan fingerprint density at radius 1 is 1.15 bits per heavy atom. The van der Waals surface area contributed by atoms with Crippen molar-refractivity contribution < 1.29 is 9.90 Å². The third-order valence-corrected chi connectivity index (χ3v) is 3.44. The molecular formula is C16H14N2O2. The number of aromatic nitrogens is 2. The van der Waals surface area contributed by atoms with Gasteiger partial charge in [0, 0.05) is 12.6 Å². The quantitative estimate of drug-likeness (QED) is 0.774. The third kappa shape index (κ3) is 1.95. The van der Waals surface area contributed by atoms with E-state index in [9.17, 15) is 4.79 Å². The van der Waals surface area contributed by atoms with Gasteiger partial charge in [-0.3, -0.25) is 0 Å². The maximum Gasteiger partial charge on any atom is 0.335 e. The first-order chi connectivity index (χ1) is 9.56. The van der Waals surface area contributed by atoms with E-state index in [4.69, 9.17) is 5.11 Å². The number of nitrogens with zero attached hydrogens (tertiary/aromatic N) is 2. The van der Waals surface area contributed by atoms with Crippen molar-refractivity contribution in [3.63, 3.8) is 0 Å². The number of benzene rings is 2. The zero-order chi connectivity index (χ0) is 14.3. The smallest absolute Gasteiger partial charge is 0.335 e.